The third-order valence-corrected chi connectivity index (χ3v) is 6.41. The number of fused-ring (bicyclic) bond motifs is 1. The van der Waals surface area contributed by atoms with Gasteiger partial charge < -0.3 is 4.74 Å². The molecule has 0 atom stereocenters. The van der Waals surface area contributed by atoms with Crippen LogP contribution in [-0.4, -0.2) is 41.9 Å². The summed E-state index contributed by atoms with van der Waals surface area (Å²) in [7, 11) is -3.44. The Labute approximate surface area is 152 Å². The molecule has 1 fully saturated rings. The Kier molecular flexibility index (Phi) is 4.57. The van der Waals surface area contributed by atoms with Crippen molar-refractivity contribution >= 4 is 21.1 Å². The summed E-state index contributed by atoms with van der Waals surface area (Å²) in [5, 5.41) is 0. The highest BCUT2D eigenvalue weighted by molar-refractivity contribution is 7.89. The maximum Gasteiger partial charge on any atom is 0.243 e. The van der Waals surface area contributed by atoms with Crippen molar-refractivity contribution in [3.63, 3.8) is 0 Å². The molecule has 7 heteroatoms. The first-order valence-electron chi connectivity index (χ1n) is 8.56. The second-order valence-corrected chi connectivity index (χ2v) is 8.17. The highest BCUT2D eigenvalue weighted by Gasteiger charge is 2.30. The van der Waals surface area contributed by atoms with Gasteiger partial charge in [-0.1, -0.05) is 30.3 Å². The molecule has 1 aliphatic heterocycles. The van der Waals surface area contributed by atoms with Crippen molar-refractivity contribution in [1.29, 1.82) is 0 Å². The van der Waals surface area contributed by atoms with Crippen LogP contribution in [0.5, 0.6) is 5.88 Å². The van der Waals surface area contributed by atoms with E-state index in [2.05, 4.69) is 9.97 Å². The summed E-state index contributed by atoms with van der Waals surface area (Å²) in [5.74, 6) is 0.480. The van der Waals surface area contributed by atoms with E-state index in [4.69, 9.17) is 4.74 Å². The molecule has 0 aliphatic carbocycles. The van der Waals surface area contributed by atoms with Crippen molar-refractivity contribution in [2.24, 2.45) is 0 Å². The highest BCUT2D eigenvalue weighted by atomic mass is 32.2. The number of hydrogen-bond acceptors (Lipinski definition) is 5. The van der Waals surface area contributed by atoms with Crippen molar-refractivity contribution in [2.75, 3.05) is 13.1 Å². The molecule has 0 bridgehead atoms. The lowest BCUT2D eigenvalue weighted by Gasteiger charge is -2.31. The minimum absolute atomic E-state index is 0.0623. The zero-order valence-electron chi connectivity index (χ0n) is 14.2. The summed E-state index contributed by atoms with van der Waals surface area (Å²) in [5.41, 5.74) is 1.61. The van der Waals surface area contributed by atoms with Gasteiger partial charge in [-0.3, -0.25) is 0 Å². The molecule has 0 amide bonds. The van der Waals surface area contributed by atoms with E-state index < -0.39 is 10.0 Å². The van der Waals surface area contributed by atoms with Crippen LogP contribution in [-0.2, 0) is 10.0 Å². The monoisotopic (exact) mass is 369 g/mol. The molecule has 1 aliphatic rings. The molecule has 3 aromatic rings. The molecule has 0 unspecified atom stereocenters. The number of ether oxygens (including phenoxy) is 1. The zero-order valence-corrected chi connectivity index (χ0v) is 15.0. The molecule has 1 saturated heterocycles. The van der Waals surface area contributed by atoms with E-state index >= 15 is 0 Å². The Morgan fingerprint density at radius 1 is 0.923 bits per heavy atom. The summed E-state index contributed by atoms with van der Waals surface area (Å²) < 4.78 is 32.8. The van der Waals surface area contributed by atoms with Gasteiger partial charge in [-0.25, -0.2) is 18.4 Å². The molecule has 2 aromatic carbocycles. The van der Waals surface area contributed by atoms with E-state index in [1.54, 1.807) is 30.5 Å². The van der Waals surface area contributed by atoms with Crippen LogP contribution < -0.4 is 4.74 Å². The molecule has 0 spiro atoms. The molecule has 6 nitrogen and oxygen atoms in total. The van der Waals surface area contributed by atoms with Gasteiger partial charge in [0.25, 0.3) is 0 Å². The Morgan fingerprint density at radius 3 is 2.31 bits per heavy atom. The Morgan fingerprint density at radius 2 is 1.58 bits per heavy atom. The third kappa shape index (κ3) is 3.40. The molecule has 0 saturated carbocycles. The van der Waals surface area contributed by atoms with Crippen molar-refractivity contribution in [3.05, 3.63) is 60.8 Å². The largest absolute Gasteiger partial charge is 0.473 e. The lowest BCUT2D eigenvalue weighted by molar-refractivity contribution is 0.130. The molecule has 4 rings (SSSR count). The number of aromatic nitrogens is 2. The standard InChI is InChI=1S/C19H19N3O3S/c23-26(24,16-6-2-1-3-7-16)22-12-10-15(11-13-22)25-19-14-20-17-8-4-5-9-18(17)21-19/h1-9,14-15H,10-13H2. The first kappa shape index (κ1) is 16.9. The van der Waals surface area contributed by atoms with Gasteiger partial charge in [0.2, 0.25) is 15.9 Å². The predicted octanol–water partition coefficient (Wildman–Crippen LogP) is 2.86. The Hall–Kier alpha value is -2.51. The van der Waals surface area contributed by atoms with E-state index in [1.165, 1.54) is 4.31 Å². The number of sulfonamides is 1. The maximum atomic E-state index is 12.7. The zero-order chi connectivity index (χ0) is 18.0. The van der Waals surface area contributed by atoms with Crippen molar-refractivity contribution in [2.45, 2.75) is 23.8 Å². The SMILES string of the molecule is O=S(=O)(c1ccccc1)N1CCC(Oc2cnc3ccccc3n2)CC1. The molecule has 26 heavy (non-hydrogen) atoms. The fourth-order valence-electron chi connectivity index (χ4n) is 3.10. The lowest BCUT2D eigenvalue weighted by atomic mass is 10.1. The minimum Gasteiger partial charge on any atom is -0.473 e. The first-order chi connectivity index (χ1) is 12.6. The van der Waals surface area contributed by atoms with Gasteiger partial charge in [0.05, 0.1) is 22.1 Å². The fraction of sp³-hybridized carbons (Fsp3) is 0.263. The maximum absolute atomic E-state index is 12.7. The molecule has 1 aromatic heterocycles. The van der Waals surface area contributed by atoms with E-state index in [0.717, 1.165) is 11.0 Å². The second kappa shape index (κ2) is 7.01. The van der Waals surface area contributed by atoms with E-state index in [1.807, 2.05) is 30.3 Å². The van der Waals surface area contributed by atoms with Gasteiger partial charge in [-0.2, -0.15) is 4.31 Å². The second-order valence-electron chi connectivity index (χ2n) is 6.23. The van der Waals surface area contributed by atoms with Gasteiger partial charge in [0.1, 0.15) is 6.10 Å². The average Bonchev–Trinajstić information content (AvgIpc) is 2.69. The summed E-state index contributed by atoms with van der Waals surface area (Å²) in [6.07, 6.45) is 2.81. The fourth-order valence-corrected chi connectivity index (χ4v) is 4.59. The van der Waals surface area contributed by atoms with Gasteiger partial charge in [-0.05, 0) is 37.1 Å². The number of benzene rings is 2. The topological polar surface area (TPSA) is 72.4 Å². The summed E-state index contributed by atoms with van der Waals surface area (Å²) in [6.45, 7) is 0.867. The smallest absolute Gasteiger partial charge is 0.243 e. The highest BCUT2D eigenvalue weighted by Crippen LogP contribution is 2.23. The summed E-state index contributed by atoms with van der Waals surface area (Å²) in [6, 6.07) is 16.2. The molecule has 2 heterocycles. The van der Waals surface area contributed by atoms with Gasteiger partial charge in [0.15, 0.2) is 0 Å². The minimum atomic E-state index is -3.44. The normalized spacial score (nSPS) is 16.6. The summed E-state index contributed by atoms with van der Waals surface area (Å²) in [4.78, 5) is 9.15. The molecule has 0 radical (unpaired) electrons. The molecular weight excluding hydrogens is 350 g/mol. The van der Waals surface area contributed by atoms with Crippen LogP contribution in [0.2, 0.25) is 0 Å². The van der Waals surface area contributed by atoms with Crippen LogP contribution >= 0.6 is 0 Å². The average molecular weight is 369 g/mol. The van der Waals surface area contributed by atoms with Crippen molar-refractivity contribution in [1.82, 2.24) is 14.3 Å². The first-order valence-corrected chi connectivity index (χ1v) is 10.0. The lowest BCUT2D eigenvalue weighted by Crippen LogP contribution is -2.41. The third-order valence-electron chi connectivity index (χ3n) is 4.50. The number of piperidine rings is 1. The van der Waals surface area contributed by atoms with E-state index in [9.17, 15) is 8.42 Å². The van der Waals surface area contributed by atoms with Crippen LogP contribution in [0.1, 0.15) is 12.8 Å². The van der Waals surface area contributed by atoms with E-state index in [-0.39, 0.29) is 6.10 Å². The van der Waals surface area contributed by atoms with Gasteiger partial charge in [-0.15, -0.1) is 0 Å². The van der Waals surface area contributed by atoms with E-state index in [0.29, 0.717) is 36.7 Å². The Bertz CT molecular complexity index is 1000. The predicted molar refractivity (Wildman–Crippen MR) is 98.4 cm³/mol. The number of para-hydroxylation sites is 2. The quantitative estimate of drug-likeness (QED) is 0.707. The molecule has 134 valence electrons. The summed E-state index contributed by atoms with van der Waals surface area (Å²) >= 11 is 0. The van der Waals surface area contributed by atoms with Crippen LogP contribution in [0.15, 0.2) is 65.7 Å². The van der Waals surface area contributed by atoms with Gasteiger partial charge in [0, 0.05) is 13.1 Å². The number of rotatable bonds is 4. The van der Waals surface area contributed by atoms with Crippen LogP contribution in [0, 0.1) is 0 Å². The van der Waals surface area contributed by atoms with Crippen LogP contribution in [0.25, 0.3) is 11.0 Å². The molecule has 0 N–H and O–H groups in total. The van der Waals surface area contributed by atoms with Crippen molar-refractivity contribution in [3.8, 4) is 5.88 Å². The van der Waals surface area contributed by atoms with Crippen LogP contribution in [0.3, 0.4) is 0 Å². The number of hydrogen-bond donors (Lipinski definition) is 0. The van der Waals surface area contributed by atoms with Crippen molar-refractivity contribution < 1.29 is 13.2 Å². The van der Waals surface area contributed by atoms with Gasteiger partial charge >= 0.3 is 0 Å². The number of nitrogens with zero attached hydrogens (tertiary/aromatic N) is 3. The van der Waals surface area contributed by atoms with Crippen LogP contribution in [0.4, 0.5) is 0 Å². The Balaban J connectivity index is 1.42. The molecular formula is C19H19N3O3S.